The quantitative estimate of drug-likeness (QED) is 0.154. The molecule has 0 heterocycles. The molecule has 0 aliphatic carbocycles. The smallest absolute Gasteiger partial charge is 0.273 e. The van der Waals surface area contributed by atoms with E-state index in [2.05, 4.69) is 0 Å². The van der Waals surface area contributed by atoms with Gasteiger partial charge in [-0.1, -0.05) is 0 Å². The molecule has 0 fully saturated rings. The van der Waals surface area contributed by atoms with Gasteiger partial charge >= 0.3 is 0 Å². The molecule has 8 nitrogen and oxygen atoms in total. The normalized spacial score (nSPS) is 11.3. The average molecular weight is 213 g/mol. The second kappa shape index (κ2) is 5.27. The van der Waals surface area contributed by atoms with E-state index in [0.717, 1.165) is 0 Å². The van der Waals surface area contributed by atoms with Crippen LogP contribution >= 0.6 is 0 Å². The molecule has 0 saturated carbocycles. The van der Waals surface area contributed by atoms with Gasteiger partial charge in [-0.25, -0.2) is 0 Å². The largest absolute Gasteiger partial charge is 0.545 e. The number of carbonyl (C=O) groups excluding carboxylic acids is 3. The summed E-state index contributed by atoms with van der Waals surface area (Å²) in [6.45, 7) is 0. The molecular formula is C7H3NO7-2. The fourth-order valence-corrected chi connectivity index (χ4v) is 0.508. The molecule has 80 valence electrons. The first kappa shape index (κ1) is 12.5. The molecule has 0 aliphatic heterocycles. The number of nitro groups is 1. The summed E-state index contributed by atoms with van der Waals surface area (Å²) in [6, 6.07) is 0. The number of hydrogen-bond acceptors (Lipinski definition) is 7. The second-order valence-electron chi connectivity index (χ2n) is 2.13. The molecule has 0 saturated heterocycles. The van der Waals surface area contributed by atoms with Gasteiger partial charge in [0.25, 0.3) is 5.70 Å². The lowest BCUT2D eigenvalue weighted by Crippen LogP contribution is -2.30. The van der Waals surface area contributed by atoms with Gasteiger partial charge in [0.15, 0.2) is 0 Å². The highest BCUT2D eigenvalue weighted by Crippen LogP contribution is 1.97. The Balaban J connectivity index is 4.98. The Kier molecular flexibility index (Phi) is 4.39. The van der Waals surface area contributed by atoms with Gasteiger partial charge in [0.2, 0.25) is 5.78 Å². The number of allylic oxidation sites excluding steroid dienone is 1. The molecule has 0 N–H and O–H groups in total. The third kappa shape index (κ3) is 4.93. The van der Waals surface area contributed by atoms with E-state index in [4.69, 9.17) is 0 Å². The van der Waals surface area contributed by atoms with Gasteiger partial charge in [-0.15, -0.1) is 0 Å². The number of carbonyl (C=O) groups is 3. The highest BCUT2D eigenvalue weighted by Gasteiger charge is 2.09. The predicted molar refractivity (Wildman–Crippen MR) is 39.2 cm³/mol. The first-order valence-electron chi connectivity index (χ1n) is 3.35. The van der Waals surface area contributed by atoms with Crippen molar-refractivity contribution in [3.8, 4) is 0 Å². The Morgan fingerprint density at radius 3 is 1.93 bits per heavy atom. The molecular weight excluding hydrogens is 210 g/mol. The van der Waals surface area contributed by atoms with Crippen molar-refractivity contribution in [3.63, 3.8) is 0 Å². The minimum Gasteiger partial charge on any atom is -0.545 e. The number of ketones is 1. The number of rotatable bonds is 5. The molecule has 15 heavy (non-hydrogen) atoms. The average Bonchev–Trinajstić information content (AvgIpc) is 2.10. The fraction of sp³-hybridized carbons (Fsp3) is 0. The third-order valence-corrected chi connectivity index (χ3v) is 1.08. The van der Waals surface area contributed by atoms with Gasteiger partial charge in [0, 0.05) is 6.08 Å². The van der Waals surface area contributed by atoms with Crippen molar-refractivity contribution >= 4 is 17.7 Å². The van der Waals surface area contributed by atoms with E-state index in [1.54, 1.807) is 0 Å². The van der Waals surface area contributed by atoms with Crippen LogP contribution in [0.4, 0.5) is 0 Å². The van der Waals surface area contributed by atoms with Crippen LogP contribution in [0.3, 0.4) is 0 Å². The van der Waals surface area contributed by atoms with Crippen molar-refractivity contribution in [1.82, 2.24) is 0 Å². The Morgan fingerprint density at radius 1 is 1.07 bits per heavy atom. The molecule has 0 aromatic rings. The van der Waals surface area contributed by atoms with Crippen LogP contribution in [0.15, 0.2) is 23.9 Å². The summed E-state index contributed by atoms with van der Waals surface area (Å²) in [7, 11) is 0. The molecule has 0 radical (unpaired) electrons. The Bertz CT molecular complexity index is 379. The van der Waals surface area contributed by atoms with Crippen LogP contribution < -0.4 is 10.2 Å². The molecule has 0 rings (SSSR count). The first-order valence-corrected chi connectivity index (χ1v) is 3.35. The van der Waals surface area contributed by atoms with Crippen molar-refractivity contribution in [2.75, 3.05) is 0 Å². The van der Waals surface area contributed by atoms with E-state index in [9.17, 15) is 34.7 Å². The van der Waals surface area contributed by atoms with E-state index in [-0.39, 0.29) is 12.2 Å². The van der Waals surface area contributed by atoms with Gasteiger partial charge in [-0.3, -0.25) is 14.9 Å². The summed E-state index contributed by atoms with van der Waals surface area (Å²) in [5, 5.41) is 30.0. The fourth-order valence-electron chi connectivity index (χ4n) is 0.508. The van der Waals surface area contributed by atoms with E-state index < -0.39 is 28.3 Å². The van der Waals surface area contributed by atoms with Crippen LogP contribution in [0.1, 0.15) is 0 Å². The monoisotopic (exact) mass is 213 g/mol. The molecule has 0 aromatic heterocycles. The zero-order chi connectivity index (χ0) is 12.0. The Hall–Kier alpha value is -2.51. The molecule has 0 aliphatic rings. The standard InChI is InChI=1S/C7H5NO7/c9-5(7(12)13)3-4(8(14)15)1-2-6(10)11/h1-3H,(H,10,11)(H,12,13)/p-2/b2-1-,4-3+. The lowest BCUT2D eigenvalue weighted by molar-refractivity contribution is -0.419. The van der Waals surface area contributed by atoms with E-state index in [1.807, 2.05) is 0 Å². The van der Waals surface area contributed by atoms with E-state index >= 15 is 0 Å². The Morgan fingerprint density at radius 2 is 1.60 bits per heavy atom. The zero-order valence-corrected chi connectivity index (χ0v) is 7.04. The molecule has 0 unspecified atom stereocenters. The number of carboxylic acid groups (broad SMARTS) is 2. The number of nitrogens with zero attached hydrogens (tertiary/aromatic N) is 1. The highest BCUT2D eigenvalue weighted by atomic mass is 16.6. The number of hydrogen-bond donors (Lipinski definition) is 0. The minimum absolute atomic E-state index is 0.134. The van der Waals surface area contributed by atoms with E-state index in [1.165, 1.54) is 0 Å². The topological polar surface area (TPSA) is 140 Å². The second-order valence-corrected chi connectivity index (χ2v) is 2.13. The van der Waals surface area contributed by atoms with Crippen LogP contribution in [0, 0.1) is 10.1 Å². The van der Waals surface area contributed by atoms with Crippen LogP contribution in [-0.2, 0) is 14.4 Å². The summed E-state index contributed by atoms with van der Waals surface area (Å²) in [5.74, 6) is -5.48. The number of aliphatic carboxylic acids is 2. The molecule has 0 spiro atoms. The first-order chi connectivity index (χ1) is 6.84. The van der Waals surface area contributed by atoms with Gasteiger partial charge in [-0.2, -0.15) is 0 Å². The van der Waals surface area contributed by atoms with Gasteiger partial charge < -0.3 is 19.8 Å². The van der Waals surface area contributed by atoms with Crippen molar-refractivity contribution in [2.45, 2.75) is 0 Å². The summed E-state index contributed by atoms with van der Waals surface area (Å²) in [4.78, 5) is 39.3. The maximum absolute atomic E-state index is 10.5. The maximum Gasteiger partial charge on any atom is 0.273 e. The lowest BCUT2D eigenvalue weighted by atomic mass is 10.3. The van der Waals surface area contributed by atoms with Crippen LogP contribution in [-0.4, -0.2) is 22.6 Å². The lowest BCUT2D eigenvalue weighted by Gasteiger charge is -1.95. The van der Waals surface area contributed by atoms with Crippen molar-refractivity contribution in [3.05, 3.63) is 34.0 Å². The van der Waals surface area contributed by atoms with Crippen molar-refractivity contribution in [2.24, 2.45) is 0 Å². The summed E-state index contributed by atoms with van der Waals surface area (Å²) >= 11 is 0. The SMILES string of the molecule is O=C([O-])/C=C\C(=C/C(=O)C(=O)[O-])[N+](=O)[O-]. The number of carboxylic acids is 2. The predicted octanol–water partition coefficient (Wildman–Crippen LogP) is -3.23. The molecule has 0 atom stereocenters. The molecule has 0 amide bonds. The van der Waals surface area contributed by atoms with Crippen LogP contribution in [0.5, 0.6) is 0 Å². The van der Waals surface area contributed by atoms with Crippen LogP contribution in [0.2, 0.25) is 0 Å². The molecule has 0 aromatic carbocycles. The molecule has 8 heteroatoms. The Labute approximate surface area is 82.3 Å². The summed E-state index contributed by atoms with van der Waals surface area (Å²) in [6.07, 6.45) is 0.849. The zero-order valence-electron chi connectivity index (χ0n) is 7.04. The van der Waals surface area contributed by atoms with E-state index in [0.29, 0.717) is 6.08 Å². The van der Waals surface area contributed by atoms with Gasteiger partial charge in [0.1, 0.15) is 5.97 Å². The summed E-state index contributed by atoms with van der Waals surface area (Å²) in [5.41, 5.74) is -0.992. The highest BCUT2D eigenvalue weighted by molar-refractivity contribution is 6.36. The van der Waals surface area contributed by atoms with Crippen molar-refractivity contribution < 1.29 is 29.5 Å². The van der Waals surface area contributed by atoms with Gasteiger partial charge in [-0.05, 0) is 6.08 Å². The molecule has 0 bridgehead atoms. The van der Waals surface area contributed by atoms with Gasteiger partial charge in [0.05, 0.1) is 17.0 Å². The summed E-state index contributed by atoms with van der Waals surface area (Å²) < 4.78 is 0. The minimum atomic E-state index is -2.13. The third-order valence-electron chi connectivity index (χ3n) is 1.08. The maximum atomic E-state index is 10.5. The van der Waals surface area contributed by atoms with Crippen LogP contribution in [0.25, 0.3) is 0 Å². The van der Waals surface area contributed by atoms with Crippen molar-refractivity contribution in [1.29, 1.82) is 0 Å².